The molecule has 1 aromatic carbocycles. The predicted molar refractivity (Wildman–Crippen MR) is 95.9 cm³/mol. The van der Waals surface area contributed by atoms with Crippen molar-refractivity contribution >= 4 is 16.8 Å². The van der Waals surface area contributed by atoms with Crippen LogP contribution in [0.1, 0.15) is 36.6 Å². The molecule has 1 N–H and O–H groups in total. The Morgan fingerprint density at radius 3 is 2.62 bits per heavy atom. The fourth-order valence-electron chi connectivity index (χ4n) is 3.73. The number of piperidine rings is 1. The van der Waals surface area contributed by atoms with Gasteiger partial charge in [-0.1, -0.05) is 18.2 Å². The van der Waals surface area contributed by atoms with Gasteiger partial charge in [0, 0.05) is 24.2 Å². The van der Waals surface area contributed by atoms with Gasteiger partial charge in [-0.25, -0.2) is 0 Å². The van der Waals surface area contributed by atoms with E-state index in [9.17, 15) is 9.90 Å². The number of aliphatic hydroxyl groups excluding tert-OH is 1. The number of hydrogen-bond donors (Lipinski definition) is 1. The highest BCUT2D eigenvalue weighted by Gasteiger charge is 2.26. The predicted octanol–water partition coefficient (Wildman–Crippen LogP) is 3.01. The number of rotatable bonds is 3. The maximum absolute atomic E-state index is 12.7. The fourth-order valence-corrected chi connectivity index (χ4v) is 3.73. The number of aliphatic hydroxyl groups is 1. The van der Waals surface area contributed by atoms with Crippen LogP contribution in [0.15, 0.2) is 24.3 Å². The minimum atomic E-state index is -0.281. The number of aryl methyl sites for hydroxylation is 2. The van der Waals surface area contributed by atoms with E-state index < -0.39 is 0 Å². The summed E-state index contributed by atoms with van der Waals surface area (Å²) in [5.74, 6) is 0.488. The van der Waals surface area contributed by atoms with Gasteiger partial charge in [-0.05, 0) is 56.7 Å². The summed E-state index contributed by atoms with van der Waals surface area (Å²) < 4.78 is 0. The van der Waals surface area contributed by atoms with Crippen LogP contribution in [0, 0.1) is 19.8 Å². The fraction of sp³-hybridized carbons (Fsp3) is 0.500. The van der Waals surface area contributed by atoms with Crippen molar-refractivity contribution in [2.45, 2.75) is 46.1 Å². The van der Waals surface area contributed by atoms with E-state index >= 15 is 0 Å². The largest absolute Gasteiger partial charge is 0.393 e. The SMILES string of the molecule is Cc1nc2ccccc2c(C)c1CC(=O)N1CCC(C(C)O)CC1. The van der Waals surface area contributed by atoms with E-state index in [0.717, 1.165) is 53.7 Å². The molecule has 128 valence electrons. The molecule has 1 aromatic heterocycles. The molecule has 1 atom stereocenters. The van der Waals surface area contributed by atoms with Crippen LogP contribution in [-0.2, 0) is 11.2 Å². The Morgan fingerprint density at radius 1 is 1.29 bits per heavy atom. The molecule has 0 radical (unpaired) electrons. The molecule has 3 rings (SSSR count). The molecule has 0 bridgehead atoms. The molecule has 0 aliphatic carbocycles. The molecule has 2 aromatic rings. The number of para-hydroxylation sites is 1. The van der Waals surface area contributed by atoms with E-state index in [1.54, 1.807) is 0 Å². The molecular formula is C20H26N2O2. The summed E-state index contributed by atoms with van der Waals surface area (Å²) in [6, 6.07) is 8.09. The van der Waals surface area contributed by atoms with Crippen molar-refractivity contribution in [1.82, 2.24) is 9.88 Å². The van der Waals surface area contributed by atoms with Crippen LogP contribution in [0.2, 0.25) is 0 Å². The van der Waals surface area contributed by atoms with Gasteiger partial charge in [0.25, 0.3) is 0 Å². The quantitative estimate of drug-likeness (QED) is 0.943. The number of benzene rings is 1. The van der Waals surface area contributed by atoms with Crippen molar-refractivity contribution in [2.24, 2.45) is 5.92 Å². The average Bonchev–Trinajstić information content (AvgIpc) is 2.58. The molecule has 0 saturated carbocycles. The van der Waals surface area contributed by atoms with Gasteiger partial charge in [0.15, 0.2) is 0 Å². The highest BCUT2D eigenvalue weighted by atomic mass is 16.3. The van der Waals surface area contributed by atoms with Crippen LogP contribution in [0.4, 0.5) is 0 Å². The van der Waals surface area contributed by atoms with Crippen molar-refractivity contribution in [3.8, 4) is 0 Å². The first kappa shape index (κ1) is 16.9. The van der Waals surface area contributed by atoms with Crippen LogP contribution < -0.4 is 0 Å². The van der Waals surface area contributed by atoms with E-state index in [0.29, 0.717) is 12.3 Å². The lowest BCUT2D eigenvalue weighted by Gasteiger charge is -2.33. The minimum absolute atomic E-state index is 0.169. The average molecular weight is 326 g/mol. The van der Waals surface area contributed by atoms with Gasteiger partial charge in [-0.3, -0.25) is 9.78 Å². The lowest BCUT2D eigenvalue weighted by Crippen LogP contribution is -2.41. The summed E-state index contributed by atoms with van der Waals surface area (Å²) in [5, 5.41) is 10.8. The number of nitrogens with zero attached hydrogens (tertiary/aromatic N) is 2. The third-order valence-corrected chi connectivity index (χ3v) is 5.39. The molecule has 1 fully saturated rings. The van der Waals surface area contributed by atoms with E-state index in [1.807, 2.05) is 36.9 Å². The molecule has 1 aliphatic heterocycles. The van der Waals surface area contributed by atoms with Crippen molar-refractivity contribution in [3.05, 3.63) is 41.1 Å². The topological polar surface area (TPSA) is 53.4 Å². The second kappa shape index (κ2) is 6.89. The van der Waals surface area contributed by atoms with Crippen molar-refractivity contribution in [3.63, 3.8) is 0 Å². The first-order valence-corrected chi connectivity index (χ1v) is 8.78. The summed E-state index contributed by atoms with van der Waals surface area (Å²) in [6.45, 7) is 7.40. The number of likely N-dealkylation sites (tertiary alicyclic amines) is 1. The second-order valence-electron chi connectivity index (χ2n) is 6.95. The number of pyridine rings is 1. The van der Waals surface area contributed by atoms with Crippen molar-refractivity contribution in [2.75, 3.05) is 13.1 Å². The number of hydrogen-bond acceptors (Lipinski definition) is 3. The first-order valence-electron chi connectivity index (χ1n) is 8.78. The summed E-state index contributed by atoms with van der Waals surface area (Å²) in [7, 11) is 0. The lowest BCUT2D eigenvalue weighted by molar-refractivity contribution is -0.132. The number of fused-ring (bicyclic) bond motifs is 1. The van der Waals surface area contributed by atoms with Gasteiger partial charge in [-0.15, -0.1) is 0 Å². The zero-order valence-corrected chi connectivity index (χ0v) is 14.7. The Labute approximate surface area is 143 Å². The first-order chi connectivity index (χ1) is 11.5. The zero-order chi connectivity index (χ0) is 17.3. The maximum Gasteiger partial charge on any atom is 0.227 e. The highest BCUT2D eigenvalue weighted by Crippen LogP contribution is 2.25. The monoisotopic (exact) mass is 326 g/mol. The van der Waals surface area contributed by atoms with Crippen LogP contribution in [0.25, 0.3) is 10.9 Å². The molecule has 1 amide bonds. The van der Waals surface area contributed by atoms with Gasteiger partial charge in [-0.2, -0.15) is 0 Å². The Balaban J connectivity index is 1.77. The molecule has 0 spiro atoms. The zero-order valence-electron chi connectivity index (χ0n) is 14.7. The van der Waals surface area contributed by atoms with Crippen LogP contribution in [0.5, 0.6) is 0 Å². The van der Waals surface area contributed by atoms with E-state index in [1.165, 1.54) is 0 Å². The number of aromatic nitrogens is 1. The van der Waals surface area contributed by atoms with Crippen molar-refractivity contribution in [1.29, 1.82) is 0 Å². The van der Waals surface area contributed by atoms with Gasteiger partial charge < -0.3 is 10.0 Å². The van der Waals surface area contributed by atoms with Gasteiger partial charge >= 0.3 is 0 Å². The normalized spacial score (nSPS) is 17.2. The van der Waals surface area contributed by atoms with E-state index in [2.05, 4.69) is 18.0 Å². The third kappa shape index (κ3) is 3.29. The lowest BCUT2D eigenvalue weighted by atomic mass is 9.91. The molecule has 1 saturated heterocycles. The van der Waals surface area contributed by atoms with Crippen LogP contribution in [-0.4, -0.2) is 40.1 Å². The number of carbonyl (C=O) groups excluding carboxylic acids is 1. The smallest absolute Gasteiger partial charge is 0.227 e. The molecular weight excluding hydrogens is 300 g/mol. The summed E-state index contributed by atoms with van der Waals surface area (Å²) in [5.41, 5.74) is 4.14. The van der Waals surface area contributed by atoms with E-state index in [4.69, 9.17) is 0 Å². The standard InChI is InChI=1S/C20H26N2O2/c1-13-17-6-4-5-7-19(17)21-14(2)18(13)12-20(24)22-10-8-16(9-11-22)15(3)23/h4-7,15-16,23H,8-12H2,1-3H3. The summed E-state index contributed by atoms with van der Waals surface area (Å²) >= 11 is 0. The summed E-state index contributed by atoms with van der Waals surface area (Å²) in [6.07, 6.45) is 1.90. The molecule has 4 nitrogen and oxygen atoms in total. The Kier molecular flexibility index (Phi) is 4.86. The van der Waals surface area contributed by atoms with Gasteiger partial charge in [0.1, 0.15) is 0 Å². The summed E-state index contributed by atoms with van der Waals surface area (Å²) in [4.78, 5) is 19.3. The maximum atomic E-state index is 12.7. The molecule has 1 aliphatic rings. The number of amides is 1. The van der Waals surface area contributed by atoms with Gasteiger partial charge in [0.05, 0.1) is 18.0 Å². The molecule has 24 heavy (non-hydrogen) atoms. The Morgan fingerprint density at radius 2 is 1.96 bits per heavy atom. The highest BCUT2D eigenvalue weighted by molar-refractivity contribution is 5.86. The Hall–Kier alpha value is -1.94. The van der Waals surface area contributed by atoms with Crippen LogP contribution >= 0.6 is 0 Å². The number of carbonyl (C=O) groups is 1. The molecule has 4 heteroatoms. The third-order valence-electron chi connectivity index (χ3n) is 5.39. The molecule has 1 unspecified atom stereocenters. The molecule has 2 heterocycles. The second-order valence-corrected chi connectivity index (χ2v) is 6.95. The van der Waals surface area contributed by atoms with E-state index in [-0.39, 0.29) is 12.0 Å². The van der Waals surface area contributed by atoms with Crippen LogP contribution in [0.3, 0.4) is 0 Å². The van der Waals surface area contributed by atoms with Gasteiger partial charge in [0.2, 0.25) is 5.91 Å². The minimum Gasteiger partial charge on any atom is -0.393 e. The van der Waals surface area contributed by atoms with Crippen molar-refractivity contribution < 1.29 is 9.90 Å². The Bertz CT molecular complexity index is 747.